The van der Waals surface area contributed by atoms with Gasteiger partial charge >= 0.3 is 5.97 Å². The lowest BCUT2D eigenvalue weighted by molar-refractivity contribution is -0.145. The molecule has 1 aromatic heterocycles. The fraction of sp³-hybridized carbons (Fsp3) is 0.500. The van der Waals surface area contributed by atoms with E-state index in [1.54, 1.807) is 0 Å². The first-order valence-corrected chi connectivity index (χ1v) is 5.24. The van der Waals surface area contributed by atoms with E-state index in [-0.39, 0.29) is 11.8 Å². The van der Waals surface area contributed by atoms with Gasteiger partial charge in [-0.25, -0.2) is 4.79 Å². The standard InChI is InChI=1S/C10H16N4O2/c1-2-3-4-5-9(15)16-14-7-6-8(13-14)10(11)12/h6-7H,2-5H2,1H3,(H3,11,12). The summed E-state index contributed by atoms with van der Waals surface area (Å²) in [5.74, 6) is -0.479. The lowest BCUT2D eigenvalue weighted by atomic mass is 10.2. The Morgan fingerprint density at radius 3 is 2.94 bits per heavy atom. The zero-order valence-electron chi connectivity index (χ0n) is 9.27. The first-order chi connectivity index (χ1) is 7.63. The molecule has 0 unspecified atom stereocenters. The van der Waals surface area contributed by atoms with Gasteiger partial charge in [-0.3, -0.25) is 5.41 Å². The highest BCUT2D eigenvalue weighted by Crippen LogP contribution is 1.99. The summed E-state index contributed by atoms with van der Waals surface area (Å²) in [6.07, 6.45) is 4.71. The molecule has 0 aliphatic heterocycles. The van der Waals surface area contributed by atoms with E-state index in [0.717, 1.165) is 24.1 Å². The van der Waals surface area contributed by atoms with Gasteiger partial charge in [-0.1, -0.05) is 24.6 Å². The summed E-state index contributed by atoms with van der Waals surface area (Å²) in [6, 6.07) is 1.52. The Morgan fingerprint density at radius 1 is 1.62 bits per heavy atom. The normalized spacial score (nSPS) is 10.1. The molecule has 0 aliphatic rings. The molecule has 1 aromatic rings. The number of rotatable bonds is 6. The summed E-state index contributed by atoms with van der Waals surface area (Å²) in [4.78, 5) is 17.2. The van der Waals surface area contributed by atoms with Crippen LogP contribution in [0.5, 0.6) is 0 Å². The van der Waals surface area contributed by atoms with Crippen molar-refractivity contribution in [1.29, 1.82) is 5.41 Å². The van der Waals surface area contributed by atoms with E-state index in [2.05, 4.69) is 12.0 Å². The Balaban J connectivity index is 2.40. The number of nitrogens with one attached hydrogen (secondary N) is 1. The van der Waals surface area contributed by atoms with E-state index in [4.69, 9.17) is 16.0 Å². The van der Waals surface area contributed by atoms with Crippen molar-refractivity contribution in [3.05, 3.63) is 18.0 Å². The third-order valence-electron chi connectivity index (χ3n) is 2.02. The SMILES string of the molecule is CCCCCC(=O)On1ccc(C(=N)N)n1. The van der Waals surface area contributed by atoms with Crippen molar-refractivity contribution in [1.82, 2.24) is 9.94 Å². The van der Waals surface area contributed by atoms with Crippen LogP contribution in [0.15, 0.2) is 12.3 Å². The second-order valence-electron chi connectivity index (χ2n) is 3.44. The van der Waals surface area contributed by atoms with Gasteiger partial charge in [0.05, 0.1) is 6.20 Å². The molecule has 0 fully saturated rings. The highest BCUT2D eigenvalue weighted by atomic mass is 16.7. The van der Waals surface area contributed by atoms with Crippen molar-refractivity contribution in [3.63, 3.8) is 0 Å². The topological polar surface area (TPSA) is 94.0 Å². The maximum absolute atomic E-state index is 11.3. The van der Waals surface area contributed by atoms with E-state index < -0.39 is 0 Å². The van der Waals surface area contributed by atoms with E-state index in [9.17, 15) is 4.79 Å². The second-order valence-corrected chi connectivity index (χ2v) is 3.44. The lowest BCUT2D eigenvalue weighted by Gasteiger charge is -2.01. The molecular formula is C10H16N4O2. The Hall–Kier alpha value is -1.85. The maximum atomic E-state index is 11.3. The van der Waals surface area contributed by atoms with E-state index >= 15 is 0 Å². The Labute approximate surface area is 93.8 Å². The number of hydrogen-bond acceptors (Lipinski definition) is 4. The van der Waals surface area contributed by atoms with Crippen LogP contribution >= 0.6 is 0 Å². The third-order valence-corrected chi connectivity index (χ3v) is 2.02. The molecule has 16 heavy (non-hydrogen) atoms. The third kappa shape index (κ3) is 3.72. The molecule has 3 N–H and O–H groups in total. The van der Waals surface area contributed by atoms with Gasteiger partial charge in [0.15, 0.2) is 0 Å². The fourth-order valence-corrected chi connectivity index (χ4v) is 1.17. The molecule has 0 atom stereocenters. The molecule has 0 spiro atoms. The zero-order chi connectivity index (χ0) is 12.0. The minimum absolute atomic E-state index is 0.152. The summed E-state index contributed by atoms with van der Waals surface area (Å²) in [7, 11) is 0. The van der Waals surface area contributed by atoms with Gasteiger partial charge in [0.25, 0.3) is 0 Å². The monoisotopic (exact) mass is 224 g/mol. The summed E-state index contributed by atoms with van der Waals surface area (Å²) in [5, 5.41) is 10.9. The van der Waals surface area contributed by atoms with Crippen LogP contribution < -0.4 is 10.6 Å². The largest absolute Gasteiger partial charge is 0.382 e. The summed E-state index contributed by atoms with van der Waals surface area (Å²) < 4.78 is 0. The molecule has 0 radical (unpaired) electrons. The summed E-state index contributed by atoms with van der Waals surface area (Å²) >= 11 is 0. The van der Waals surface area contributed by atoms with Crippen LogP contribution in [0.4, 0.5) is 0 Å². The number of nitrogens with two attached hydrogens (primary N) is 1. The molecular weight excluding hydrogens is 208 g/mol. The molecule has 1 rings (SSSR count). The molecule has 6 heteroatoms. The smallest absolute Gasteiger partial charge is 0.334 e. The Morgan fingerprint density at radius 2 is 2.38 bits per heavy atom. The van der Waals surface area contributed by atoms with E-state index in [1.807, 2.05) is 0 Å². The van der Waals surface area contributed by atoms with Gasteiger partial charge in [-0.15, -0.1) is 5.10 Å². The van der Waals surface area contributed by atoms with Gasteiger partial charge < -0.3 is 10.6 Å². The second kappa shape index (κ2) is 5.89. The van der Waals surface area contributed by atoms with Crippen LogP contribution in [0.1, 0.15) is 38.3 Å². The highest BCUT2D eigenvalue weighted by Gasteiger charge is 2.06. The number of unbranched alkanes of at least 4 members (excludes halogenated alkanes) is 2. The predicted octanol–water partition coefficient (Wildman–Crippen LogP) is 0.703. The van der Waals surface area contributed by atoms with Crippen molar-refractivity contribution in [2.75, 3.05) is 0 Å². The number of nitrogens with zero attached hydrogens (tertiary/aromatic N) is 2. The average Bonchev–Trinajstić information content (AvgIpc) is 2.66. The first-order valence-electron chi connectivity index (χ1n) is 5.24. The highest BCUT2D eigenvalue weighted by molar-refractivity contribution is 5.92. The summed E-state index contributed by atoms with van der Waals surface area (Å²) in [5.41, 5.74) is 5.52. The Bertz CT molecular complexity index is 373. The van der Waals surface area contributed by atoms with Crippen LogP contribution in [-0.2, 0) is 4.79 Å². The number of carbonyl (C=O) groups is 1. The van der Waals surface area contributed by atoms with Crippen molar-refractivity contribution in [3.8, 4) is 0 Å². The van der Waals surface area contributed by atoms with Crippen molar-refractivity contribution in [2.45, 2.75) is 32.6 Å². The van der Waals surface area contributed by atoms with Gasteiger partial charge in [-0.05, 0) is 12.5 Å². The molecule has 88 valence electrons. The number of carbonyl (C=O) groups excluding carboxylic acids is 1. The van der Waals surface area contributed by atoms with Crippen molar-refractivity contribution < 1.29 is 9.63 Å². The van der Waals surface area contributed by atoms with Crippen molar-refractivity contribution >= 4 is 11.8 Å². The molecule has 6 nitrogen and oxygen atoms in total. The number of aromatic nitrogens is 2. The van der Waals surface area contributed by atoms with Crippen molar-refractivity contribution in [2.24, 2.45) is 5.73 Å². The van der Waals surface area contributed by atoms with Gasteiger partial charge in [0, 0.05) is 6.42 Å². The van der Waals surface area contributed by atoms with Crippen LogP contribution in [0.2, 0.25) is 0 Å². The van der Waals surface area contributed by atoms with Gasteiger partial charge in [0.1, 0.15) is 11.5 Å². The predicted molar refractivity (Wildman–Crippen MR) is 59.0 cm³/mol. The number of hydrogen-bond donors (Lipinski definition) is 2. The molecule has 0 bridgehead atoms. The van der Waals surface area contributed by atoms with E-state index in [1.165, 1.54) is 12.3 Å². The molecule has 1 heterocycles. The average molecular weight is 224 g/mol. The maximum Gasteiger partial charge on any atom is 0.334 e. The fourth-order valence-electron chi connectivity index (χ4n) is 1.17. The molecule has 0 saturated heterocycles. The van der Waals surface area contributed by atoms with E-state index in [0.29, 0.717) is 12.1 Å². The Kier molecular flexibility index (Phi) is 4.50. The van der Waals surface area contributed by atoms with Gasteiger partial charge in [0.2, 0.25) is 0 Å². The minimum atomic E-state index is -0.327. The summed E-state index contributed by atoms with van der Waals surface area (Å²) in [6.45, 7) is 2.07. The lowest BCUT2D eigenvalue weighted by Crippen LogP contribution is -2.21. The molecule has 0 saturated carbocycles. The molecule has 0 aromatic carbocycles. The zero-order valence-corrected chi connectivity index (χ0v) is 9.27. The van der Waals surface area contributed by atoms with Crippen LogP contribution in [-0.4, -0.2) is 21.7 Å². The number of nitrogen functional groups attached to an aromatic ring is 1. The van der Waals surface area contributed by atoms with Crippen LogP contribution in [0, 0.1) is 5.41 Å². The molecule has 0 aliphatic carbocycles. The quantitative estimate of drug-likeness (QED) is 0.422. The molecule has 0 amide bonds. The van der Waals surface area contributed by atoms with Crippen LogP contribution in [0.25, 0.3) is 0 Å². The number of amidine groups is 1. The first kappa shape index (κ1) is 12.2. The van der Waals surface area contributed by atoms with Crippen LogP contribution in [0.3, 0.4) is 0 Å². The van der Waals surface area contributed by atoms with Gasteiger partial charge in [-0.2, -0.15) is 0 Å². The minimum Gasteiger partial charge on any atom is -0.382 e.